The van der Waals surface area contributed by atoms with Crippen LogP contribution in [0.4, 0.5) is 8.78 Å². The third kappa shape index (κ3) is 2.67. The Morgan fingerprint density at radius 3 is 2.67 bits per heavy atom. The smallest absolute Gasteiger partial charge is 0.134 e. The molecule has 1 aromatic heterocycles. The van der Waals surface area contributed by atoms with Crippen LogP contribution in [-0.2, 0) is 0 Å². The van der Waals surface area contributed by atoms with Crippen molar-refractivity contribution in [2.24, 2.45) is 0 Å². The molecule has 0 saturated heterocycles. The molecule has 0 fully saturated rings. The Morgan fingerprint density at radius 2 is 1.90 bits per heavy atom. The maximum atomic E-state index is 14.0. The molecule has 1 atom stereocenters. The van der Waals surface area contributed by atoms with Crippen molar-refractivity contribution in [3.8, 4) is 0 Å². The van der Waals surface area contributed by atoms with E-state index in [0.717, 1.165) is 0 Å². The van der Waals surface area contributed by atoms with Crippen LogP contribution in [0.1, 0.15) is 24.3 Å². The number of rotatable bonds is 4. The number of halogens is 2. The fourth-order valence-electron chi connectivity index (χ4n) is 2.45. The van der Waals surface area contributed by atoms with Gasteiger partial charge in [-0.25, -0.2) is 8.78 Å². The van der Waals surface area contributed by atoms with Crippen LogP contribution in [0.2, 0.25) is 0 Å². The van der Waals surface area contributed by atoms with E-state index in [4.69, 9.17) is 4.42 Å². The summed E-state index contributed by atoms with van der Waals surface area (Å²) in [7, 11) is 0. The molecule has 0 saturated carbocycles. The van der Waals surface area contributed by atoms with Gasteiger partial charge < -0.3 is 9.73 Å². The van der Waals surface area contributed by atoms with Crippen LogP contribution in [-0.4, -0.2) is 6.54 Å². The van der Waals surface area contributed by atoms with Gasteiger partial charge >= 0.3 is 0 Å². The summed E-state index contributed by atoms with van der Waals surface area (Å²) in [5, 5.41) is 3.87. The van der Waals surface area contributed by atoms with Crippen molar-refractivity contribution in [3.63, 3.8) is 0 Å². The molecule has 21 heavy (non-hydrogen) atoms. The second kappa shape index (κ2) is 5.66. The van der Waals surface area contributed by atoms with E-state index in [-0.39, 0.29) is 11.6 Å². The standard InChI is InChI=1S/C17H15F2NO/c1-2-20-17(13-5-3-4-6-14(13)19)16-10-11-9-12(18)7-8-15(11)21-16/h3-10,17,20H,2H2,1H3. The SMILES string of the molecule is CCNC(c1cc2cc(F)ccc2o1)c1ccccc1F. The topological polar surface area (TPSA) is 25.2 Å². The summed E-state index contributed by atoms with van der Waals surface area (Å²) in [4.78, 5) is 0. The third-order valence-corrected chi connectivity index (χ3v) is 3.41. The predicted molar refractivity (Wildman–Crippen MR) is 78.1 cm³/mol. The van der Waals surface area contributed by atoms with E-state index in [1.54, 1.807) is 30.3 Å². The minimum atomic E-state index is -0.397. The molecule has 1 N–H and O–H groups in total. The number of benzene rings is 2. The van der Waals surface area contributed by atoms with Crippen LogP contribution in [0.25, 0.3) is 11.0 Å². The lowest BCUT2D eigenvalue weighted by molar-refractivity contribution is 0.462. The van der Waals surface area contributed by atoms with Crippen molar-refractivity contribution >= 4 is 11.0 Å². The van der Waals surface area contributed by atoms with Gasteiger partial charge in [0.1, 0.15) is 23.0 Å². The lowest BCUT2D eigenvalue weighted by Crippen LogP contribution is -2.22. The number of furan rings is 1. The fraction of sp³-hybridized carbons (Fsp3) is 0.176. The quantitative estimate of drug-likeness (QED) is 0.769. The number of hydrogen-bond donors (Lipinski definition) is 1. The molecule has 0 amide bonds. The molecule has 4 heteroatoms. The molecule has 0 bridgehead atoms. The number of fused-ring (bicyclic) bond motifs is 1. The maximum absolute atomic E-state index is 14.0. The van der Waals surface area contributed by atoms with Crippen LogP contribution < -0.4 is 5.32 Å². The monoisotopic (exact) mass is 287 g/mol. The van der Waals surface area contributed by atoms with Gasteiger partial charge in [-0.3, -0.25) is 0 Å². The first kappa shape index (κ1) is 13.8. The van der Waals surface area contributed by atoms with E-state index < -0.39 is 6.04 Å². The van der Waals surface area contributed by atoms with Crippen LogP contribution in [0.3, 0.4) is 0 Å². The highest BCUT2D eigenvalue weighted by Gasteiger charge is 2.20. The van der Waals surface area contributed by atoms with E-state index in [1.165, 1.54) is 18.2 Å². The molecule has 1 unspecified atom stereocenters. The average Bonchev–Trinajstić information content (AvgIpc) is 2.88. The van der Waals surface area contributed by atoms with Crippen LogP contribution in [0.5, 0.6) is 0 Å². The first-order valence-corrected chi connectivity index (χ1v) is 6.86. The van der Waals surface area contributed by atoms with E-state index in [1.807, 2.05) is 6.92 Å². The minimum absolute atomic E-state index is 0.296. The summed E-state index contributed by atoms with van der Waals surface area (Å²) in [5.74, 6) is -0.0432. The Morgan fingerprint density at radius 1 is 1.10 bits per heavy atom. The minimum Gasteiger partial charge on any atom is -0.459 e. The molecule has 3 rings (SSSR count). The molecule has 0 aliphatic heterocycles. The van der Waals surface area contributed by atoms with E-state index in [2.05, 4.69) is 5.32 Å². The second-order valence-electron chi connectivity index (χ2n) is 4.84. The van der Waals surface area contributed by atoms with Gasteiger partial charge in [-0.05, 0) is 36.9 Å². The van der Waals surface area contributed by atoms with Crippen LogP contribution >= 0.6 is 0 Å². The summed E-state index contributed by atoms with van der Waals surface area (Å²) >= 11 is 0. The summed E-state index contributed by atoms with van der Waals surface area (Å²) in [5.41, 5.74) is 1.10. The van der Waals surface area contributed by atoms with E-state index in [9.17, 15) is 8.78 Å². The largest absolute Gasteiger partial charge is 0.459 e. The van der Waals surface area contributed by atoms with Crippen molar-refractivity contribution < 1.29 is 13.2 Å². The lowest BCUT2D eigenvalue weighted by atomic mass is 10.0. The zero-order valence-corrected chi connectivity index (χ0v) is 11.6. The number of nitrogens with one attached hydrogen (secondary N) is 1. The van der Waals surface area contributed by atoms with Crippen molar-refractivity contribution in [2.75, 3.05) is 6.54 Å². The summed E-state index contributed by atoms with van der Waals surface area (Å²) < 4.78 is 33.0. The molecule has 1 heterocycles. The Bertz CT molecular complexity index is 766. The van der Waals surface area contributed by atoms with Gasteiger partial charge in [-0.2, -0.15) is 0 Å². The van der Waals surface area contributed by atoms with E-state index >= 15 is 0 Å². The molecular weight excluding hydrogens is 272 g/mol. The molecule has 0 spiro atoms. The molecule has 0 radical (unpaired) electrons. The zero-order chi connectivity index (χ0) is 14.8. The van der Waals surface area contributed by atoms with Crippen LogP contribution in [0.15, 0.2) is 52.9 Å². The summed E-state index contributed by atoms with van der Waals surface area (Å²) in [6.07, 6.45) is 0. The molecular formula is C17H15F2NO. The highest BCUT2D eigenvalue weighted by molar-refractivity contribution is 5.78. The average molecular weight is 287 g/mol. The second-order valence-corrected chi connectivity index (χ2v) is 4.84. The Labute approximate surface area is 121 Å². The fourth-order valence-corrected chi connectivity index (χ4v) is 2.45. The van der Waals surface area contributed by atoms with Gasteiger partial charge in [0.2, 0.25) is 0 Å². The van der Waals surface area contributed by atoms with Gasteiger partial charge in [0, 0.05) is 10.9 Å². The molecule has 3 aromatic rings. The molecule has 108 valence electrons. The highest BCUT2D eigenvalue weighted by Crippen LogP contribution is 2.29. The van der Waals surface area contributed by atoms with Gasteiger partial charge in [0.05, 0.1) is 6.04 Å². The van der Waals surface area contributed by atoms with Crippen molar-refractivity contribution in [1.29, 1.82) is 0 Å². The molecule has 2 aromatic carbocycles. The van der Waals surface area contributed by atoms with Gasteiger partial charge in [0.25, 0.3) is 0 Å². The van der Waals surface area contributed by atoms with Gasteiger partial charge in [-0.1, -0.05) is 25.1 Å². The van der Waals surface area contributed by atoms with Crippen molar-refractivity contribution in [1.82, 2.24) is 5.32 Å². The number of hydrogen-bond acceptors (Lipinski definition) is 2. The summed E-state index contributed by atoms with van der Waals surface area (Å²) in [6.45, 7) is 2.60. The zero-order valence-electron chi connectivity index (χ0n) is 11.6. The molecule has 0 aliphatic rings. The Balaban J connectivity index is 2.09. The highest BCUT2D eigenvalue weighted by atomic mass is 19.1. The van der Waals surface area contributed by atoms with Crippen LogP contribution in [0, 0.1) is 11.6 Å². The van der Waals surface area contributed by atoms with Crippen molar-refractivity contribution in [2.45, 2.75) is 13.0 Å². The Kier molecular flexibility index (Phi) is 3.71. The lowest BCUT2D eigenvalue weighted by Gasteiger charge is -2.16. The summed E-state index contributed by atoms with van der Waals surface area (Å²) in [6, 6.07) is 12.3. The van der Waals surface area contributed by atoms with Gasteiger partial charge in [-0.15, -0.1) is 0 Å². The normalized spacial score (nSPS) is 12.7. The predicted octanol–water partition coefficient (Wildman–Crippen LogP) is 4.41. The van der Waals surface area contributed by atoms with E-state index in [0.29, 0.717) is 28.8 Å². The van der Waals surface area contributed by atoms with Crippen molar-refractivity contribution in [3.05, 3.63) is 71.5 Å². The third-order valence-electron chi connectivity index (χ3n) is 3.41. The Hall–Kier alpha value is -2.20. The first-order valence-electron chi connectivity index (χ1n) is 6.86. The molecule has 2 nitrogen and oxygen atoms in total. The van der Waals surface area contributed by atoms with Gasteiger partial charge in [0.15, 0.2) is 0 Å². The maximum Gasteiger partial charge on any atom is 0.134 e. The first-order chi connectivity index (χ1) is 10.2. The molecule has 0 aliphatic carbocycles.